The second kappa shape index (κ2) is 4.26. The van der Waals surface area contributed by atoms with Crippen molar-refractivity contribution in [3.63, 3.8) is 0 Å². The van der Waals surface area contributed by atoms with Gasteiger partial charge in [0.05, 0.1) is 0 Å². The smallest absolute Gasteiger partial charge is 0.0447 e. The Bertz CT molecular complexity index is 426. The summed E-state index contributed by atoms with van der Waals surface area (Å²) in [4.78, 5) is 4.36. The number of rotatable bonds is 2. The molecule has 0 unspecified atom stereocenters. The van der Waals surface area contributed by atoms with Crippen molar-refractivity contribution in [2.45, 2.75) is 20.3 Å². The molecule has 0 N–H and O–H groups in total. The molecule has 1 nitrogen and oxygen atoms in total. The number of aryl methyl sites for hydroxylation is 2. The van der Waals surface area contributed by atoms with E-state index in [0.717, 1.165) is 12.1 Å². The summed E-state index contributed by atoms with van der Waals surface area (Å²) >= 11 is 0. The minimum atomic E-state index is 0.930. The van der Waals surface area contributed by atoms with Gasteiger partial charge in [0.2, 0.25) is 0 Å². The highest BCUT2D eigenvalue weighted by Gasteiger charge is 2.03. The van der Waals surface area contributed by atoms with E-state index in [9.17, 15) is 0 Å². The normalized spacial score (nSPS) is 10.3. The average molecular weight is 197 g/mol. The molecular weight excluding hydrogens is 182 g/mol. The Morgan fingerprint density at radius 3 is 2.27 bits per heavy atom. The Hall–Kier alpha value is -1.63. The van der Waals surface area contributed by atoms with E-state index in [-0.39, 0.29) is 0 Å². The van der Waals surface area contributed by atoms with E-state index in [1.807, 2.05) is 18.3 Å². The molecule has 1 aromatic carbocycles. The van der Waals surface area contributed by atoms with Gasteiger partial charge in [-0.1, -0.05) is 24.3 Å². The molecule has 0 fully saturated rings. The summed E-state index contributed by atoms with van der Waals surface area (Å²) in [6, 6.07) is 12.5. The molecule has 0 saturated carbocycles. The van der Waals surface area contributed by atoms with Gasteiger partial charge in [-0.3, -0.25) is 4.98 Å². The summed E-state index contributed by atoms with van der Waals surface area (Å²) in [6.45, 7) is 4.32. The first kappa shape index (κ1) is 9.91. The van der Waals surface area contributed by atoms with Gasteiger partial charge in [0, 0.05) is 18.3 Å². The first-order chi connectivity index (χ1) is 7.27. The molecule has 0 aliphatic rings. The molecule has 0 aliphatic carbocycles. The fourth-order valence-corrected chi connectivity index (χ4v) is 1.81. The van der Waals surface area contributed by atoms with E-state index in [0.29, 0.717) is 0 Å². The highest BCUT2D eigenvalue weighted by Crippen LogP contribution is 2.16. The van der Waals surface area contributed by atoms with Crippen molar-refractivity contribution in [2.24, 2.45) is 0 Å². The van der Waals surface area contributed by atoms with Crippen LogP contribution in [0.3, 0.4) is 0 Å². The number of hydrogen-bond donors (Lipinski definition) is 0. The third kappa shape index (κ3) is 2.24. The lowest BCUT2D eigenvalue weighted by atomic mass is 9.98. The average Bonchev–Trinajstić information content (AvgIpc) is 2.25. The molecule has 1 aromatic heterocycles. The van der Waals surface area contributed by atoms with Crippen molar-refractivity contribution in [1.82, 2.24) is 4.98 Å². The minimum absolute atomic E-state index is 0.930. The van der Waals surface area contributed by atoms with Crippen LogP contribution >= 0.6 is 0 Å². The lowest BCUT2D eigenvalue weighted by molar-refractivity contribution is 1.04. The van der Waals surface area contributed by atoms with Crippen LogP contribution in [0, 0.1) is 13.8 Å². The molecule has 1 heteroatoms. The van der Waals surface area contributed by atoms with Gasteiger partial charge in [-0.2, -0.15) is 0 Å². The zero-order chi connectivity index (χ0) is 10.7. The van der Waals surface area contributed by atoms with E-state index in [1.165, 1.54) is 16.7 Å². The topological polar surface area (TPSA) is 12.9 Å². The van der Waals surface area contributed by atoms with Crippen molar-refractivity contribution >= 4 is 0 Å². The second-order valence-corrected chi connectivity index (χ2v) is 3.87. The molecule has 1 heterocycles. The largest absolute Gasteiger partial charge is 0.261 e. The summed E-state index contributed by atoms with van der Waals surface area (Å²) < 4.78 is 0. The molecule has 0 aliphatic heterocycles. The van der Waals surface area contributed by atoms with E-state index in [4.69, 9.17) is 0 Å². The molecule has 0 amide bonds. The van der Waals surface area contributed by atoms with Crippen LogP contribution in [0.2, 0.25) is 0 Å². The maximum absolute atomic E-state index is 4.36. The maximum Gasteiger partial charge on any atom is 0.0447 e. The number of aromatic nitrogens is 1. The van der Waals surface area contributed by atoms with Gasteiger partial charge in [0.25, 0.3) is 0 Å². The molecule has 0 atom stereocenters. The van der Waals surface area contributed by atoms with Crippen molar-refractivity contribution in [2.75, 3.05) is 0 Å². The van der Waals surface area contributed by atoms with Crippen LogP contribution in [0.25, 0.3) is 0 Å². The van der Waals surface area contributed by atoms with Crippen molar-refractivity contribution in [3.8, 4) is 0 Å². The highest BCUT2D eigenvalue weighted by molar-refractivity contribution is 5.36. The Kier molecular flexibility index (Phi) is 2.82. The Morgan fingerprint density at radius 2 is 1.67 bits per heavy atom. The lowest BCUT2D eigenvalue weighted by Gasteiger charge is -2.08. The fourth-order valence-electron chi connectivity index (χ4n) is 1.81. The molecule has 2 aromatic rings. The van der Waals surface area contributed by atoms with Gasteiger partial charge in [0.15, 0.2) is 0 Å². The minimum Gasteiger partial charge on any atom is -0.261 e. The van der Waals surface area contributed by atoms with Crippen LogP contribution in [0.4, 0.5) is 0 Å². The number of hydrogen-bond acceptors (Lipinski definition) is 1. The molecule has 15 heavy (non-hydrogen) atoms. The first-order valence-corrected chi connectivity index (χ1v) is 5.22. The first-order valence-electron chi connectivity index (χ1n) is 5.22. The summed E-state index contributed by atoms with van der Waals surface area (Å²) in [6.07, 6.45) is 2.78. The van der Waals surface area contributed by atoms with Crippen molar-refractivity contribution in [1.29, 1.82) is 0 Å². The number of pyridine rings is 1. The van der Waals surface area contributed by atoms with Gasteiger partial charge < -0.3 is 0 Å². The van der Waals surface area contributed by atoms with E-state index < -0.39 is 0 Å². The van der Waals surface area contributed by atoms with Crippen LogP contribution in [-0.2, 0) is 6.42 Å². The van der Waals surface area contributed by atoms with E-state index in [1.54, 1.807) is 0 Å². The molecular formula is C14H15N. The Morgan fingerprint density at radius 1 is 0.933 bits per heavy atom. The molecule has 0 bridgehead atoms. The highest BCUT2D eigenvalue weighted by atomic mass is 14.7. The summed E-state index contributed by atoms with van der Waals surface area (Å²) in [5, 5.41) is 0. The number of nitrogens with zero attached hydrogens (tertiary/aromatic N) is 1. The van der Waals surface area contributed by atoms with E-state index in [2.05, 4.69) is 43.1 Å². The zero-order valence-corrected chi connectivity index (χ0v) is 9.20. The standard InChI is InChI=1S/C14H15N/c1-11-6-5-7-12(2)14(11)10-13-8-3-4-9-15-13/h3-9H,10H2,1-2H3. The van der Waals surface area contributed by atoms with Gasteiger partial charge in [-0.05, 0) is 42.7 Å². The molecule has 0 radical (unpaired) electrons. The maximum atomic E-state index is 4.36. The van der Waals surface area contributed by atoms with Crippen molar-refractivity contribution < 1.29 is 0 Å². The SMILES string of the molecule is Cc1cccc(C)c1Cc1ccccn1. The van der Waals surface area contributed by atoms with Crippen LogP contribution in [0.15, 0.2) is 42.6 Å². The third-order valence-corrected chi connectivity index (χ3v) is 2.73. The monoisotopic (exact) mass is 197 g/mol. The molecule has 76 valence electrons. The fraction of sp³-hybridized carbons (Fsp3) is 0.214. The Labute approximate surface area is 90.8 Å². The summed E-state index contributed by atoms with van der Waals surface area (Å²) in [7, 11) is 0. The van der Waals surface area contributed by atoms with E-state index >= 15 is 0 Å². The Balaban J connectivity index is 2.32. The van der Waals surface area contributed by atoms with Gasteiger partial charge in [0.1, 0.15) is 0 Å². The van der Waals surface area contributed by atoms with Crippen LogP contribution in [0.1, 0.15) is 22.4 Å². The number of benzene rings is 1. The molecule has 0 spiro atoms. The van der Waals surface area contributed by atoms with Crippen LogP contribution in [-0.4, -0.2) is 4.98 Å². The summed E-state index contributed by atoms with van der Waals surface area (Å²) in [5.74, 6) is 0. The summed E-state index contributed by atoms with van der Waals surface area (Å²) in [5.41, 5.74) is 5.23. The predicted molar refractivity (Wildman–Crippen MR) is 63.0 cm³/mol. The van der Waals surface area contributed by atoms with Crippen LogP contribution in [0.5, 0.6) is 0 Å². The predicted octanol–water partition coefficient (Wildman–Crippen LogP) is 3.29. The third-order valence-electron chi connectivity index (χ3n) is 2.73. The second-order valence-electron chi connectivity index (χ2n) is 3.87. The van der Waals surface area contributed by atoms with Crippen molar-refractivity contribution in [3.05, 3.63) is 65.0 Å². The molecule has 0 saturated heterocycles. The van der Waals surface area contributed by atoms with Gasteiger partial charge in [-0.25, -0.2) is 0 Å². The van der Waals surface area contributed by atoms with Gasteiger partial charge in [-0.15, -0.1) is 0 Å². The zero-order valence-electron chi connectivity index (χ0n) is 9.20. The van der Waals surface area contributed by atoms with Crippen LogP contribution < -0.4 is 0 Å². The lowest BCUT2D eigenvalue weighted by Crippen LogP contribution is -1.96. The quantitative estimate of drug-likeness (QED) is 0.720. The molecule has 2 rings (SSSR count). The van der Waals surface area contributed by atoms with Gasteiger partial charge >= 0.3 is 0 Å².